The van der Waals surface area contributed by atoms with Crippen LogP contribution in [0.15, 0.2) is 24.3 Å². The summed E-state index contributed by atoms with van der Waals surface area (Å²) >= 11 is 1.35. The van der Waals surface area contributed by atoms with Gasteiger partial charge in [0, 0.05) is 27.4 Å². The second kappa shape index (κ2) is 6.41. The van der Waals surface area contributed by atoms with Crippen molar-refractivity contribution in [1.82, 2.24) is 5.32 Å². The molecule has 0 aliphatic carbocycles. The van der Waals surface area contributed by atoms with Crippen LogP contribution >= 0.6 is 11.3 Å². The Kier molecular flexibility index (Phi) is 4.83. The van der Waals surface area contributed by atoms with Crippen LogP contribution in [0, 0.1) is 17.5 Å². The van der Waals surface area contributed by atoms with E-state index in [-0.39, 0.29) is 11.6 Å². The summed E-state index contributed by atoms with van der Waals surface area (Å²) in [6.45, 7) is 4.89. The third kappa shape index (κ3) is 3.04. The van der Waals surface area contributed by atoms with Gasteiger partial charge >= 0.3 is 0 Å². The second-order valence-electron chi connectivity index (χ2n) is 4.47. The normalized spacial score (nSPS) is 12.7. The van der Waals surface area contributed by atoms with Crippen LogP contribution < -0.4 is 5.32 Å². The van der Waals surface area contributed by atoms with E-state index >= 15 is 0 Å². The first-order valence-electron chi connectivity index (χ1n) is 6.54. The molecule has 5 heteroatoms. The summed E-state index contributed by atoms with van der Waals surface area (Å²) in [5.74, 6) is -2.93. The summed E-state index contributed by atoms with van der Waals surface area (Å²) < 4.78 is 40.2. The van der Waals surface area contributed by atoms with Crippen molar-refractivity contribution in [1.29, 1.82) is 0 Å². The minimum Gasteiger partial charge on any atom is -0.310 e. The minimum atomic E-state index is -1.16. The lowest BCUT2D eigenvalue weighted by atomic mass is 10.1. The standard InChI is InChI=1S/C15H16F3NS/c1-3-12(19-4-2)14-6-5-13(20-14)10-7-9(16)8-11(17)15(10)18/h5-8,12,19H,3-4H2,1-2H3. The maximum absolute atomic E-state index is 13.8. The third-order valence-electron chi connectivity index (χ3n) is 3.09. The number of hydrogen-bond acceptors (Lipinski definition) is 2. The molecule has 0 aliphatic rings. The molecule has 1 aromatic carbocycles. The van der Waals surface area contributed by atoms with E-state index in [1.165, 1.54) is 11.3 Å². The van der Waals surface area contributed by atoms with Gasteiger partial charge in [-0.2, -0.15) is 0 Å². The summed E-state index contributed by atoms with van der Waals surface area (Å²) in [7, 11) is 0. The van der Waals surface area contributed by atoms with Crippen LogP contribution in [0.4, 0.5) is 13.2 Å². The molecule has 1 N–H and O–H groups in total. The highest BCUT2D eigenvalue weighted by Gasteiger charge is 2.16. The number of benzene rings is 1. The number of rotatable bonds is 5. The van der Waals surface area contributed by atoms with Gasteiger partial charge in [-0.15, -0.1) is 11.3 Å². The molecule has 1 aromatic heterocycles. The van der Waals surface area contributed by atoms with E-state index in [9.17, 15) is 13.2 Å². The van der Waals surface area contributed by atoms with Gasteiger partial charge in [-0.05, 0) is 31.2 Å². The average Bonchev–Trinajstić information content (AvgIpc) is 2.89. The predicted octanol–water partition coefficient (Wildman–Crippen LogP) is 4.89. The van der Waals surface area contributed by atoms with Crippen LogP contribution in [-0.2, 0) is 0 Å². The zero-order valence-electron chi connectivity index (χ0n) is 11.3. The lowest BCUT2D eigenvalue weighted by Crippen LogP contribution is -2.18. The minimum absolute atomic E-state index is 0.0231. The first-order valence-corrected chi connectivity index (χ1v) is 7.36. The molecule has 2 aromatic rings. The molecule has 0 aliphatic heterocycles. The van der Waals surface area contributed by atoms with Crippen molar-refractivity contribution in [2.24, 2.45) is 0 Å². The molecule has 1 unspecified atom stereocenters. The molecular formula is C15H16F3NS. The largest absolute Gasteiger partial charge is 0.310 e. The van der Waals surface area contributed by atoms with Crippen molar-refractivity contribution in [2.45, 2.75) is 26.3 Å². The molecule has 0 bridgehead atoms. The van der Waals surface area contributed by atoms with E-state index in [0.29, 0.717) is 10.9 Å². The molecule has 0 radical (unpaired) electrons. The SMILES string of the molecule is CCNC(CC)c1ccc(-c2cc(F)cc(F)c2F)s1. The molecule has 1 atom stereocenters. The Balaban J connectivity index is 2.38. The molecular weight excluding hydrogens is 283 g/mol. The first kappa shape index (κ1) is 15.1. The zero-order chi connectivity index (χ0) is 14.7. The summed E-state index contributed by atoms with van der Waals surface area (Å²) in [4.78, 5) is 1.57. The van der Waals surface area contributed by atoms with Gasteiger partial charge < -0.3 is 5.32 Å². The molecule has 0 saturated carbocycles. The molecule has 2 rings (SSSR count). The van der Waals surface area contributed by atoms with Gasteiger partial charge in [0.1, 0.15) is 5.82 Å². The first-order chi connectivity index (χ1) is 9.56. The Morgan fingerprint density at radius 3 is 2.55 bits per heavy atom. The van der Waals surface area contributed by atoms with E-state index in [1.807, 2.05) is 13.0 Å². The fraction of sp³-hybridized carbons (Fsp3) is 0.333. The van der Waals surface area contributed by atoms with E-state index in [2.05, 4.69) is 12.2 Å². The molecule has 0 saturated heterocycles. The Bertz CT molecular complexity index is 595. The molecule has 0 fully saturated rings. The summed E-state index contributed by atoms with van der Waals surface area (Å²) in [5.41, 5.74) is -0.0231. The lowest BCUT2D eigenvalue weighted by molar-refractivity contribution is 0.498. The Labute approximate surface area is 120 Å². The molecule has 0 amide bonds. The van der Waals surface area contributed by atoms with Gasteiger partial charge in [0.15, 0.2) is 11.6 Å². The summed E-state index contributed by atoms with van der Waals surface area (Å²) in [6.07, 6.45) is 0.897. The molecule has 0 spiro atoms. The van der Waals surface area contributed by atoms with E-state index in [0.717, 1.165) is 23.9 Å². The third-order valence-corrected chi connectivity index (χ3v) is 4.32. The Morgan fingerprint density at radius 2 is 1.90 bits per heavy atom. The van der Waals surface area contributed by atoms with Gasteiger partial charge in [0.05, 0.1) is 0 Å². The zero-order valence-corrected chi connectivity index (χ0v) is 12.2. The quantitative estimate of drug-likeness (QED) is 0.775. The van der Waals surface area contributed by atoms with Crippen molar-refractivity contribution in [3.63, 3.8) is 0 Å². The lowest BCUT2D eigenvalue weighted by Gasteiger charge is -2.13. The topological polar surface area (TPSA) is 12.0 Å². The van der Waals surface area contributed by atoms with Crippen LogP contribution in [-0.4, -0.2) is 6.54 Å². The van der Waals surface area contributed by atoms with E-state index < -0.39 is 17.5 Å². The maximum Gasteiger partial charge on any atom is 0.167 e. The highest BCUT2D eigenvalue weighted by molar-refractivity contribution is 7.15. The molecule has 108 valence electrons. The second-order valence-corrected chi connectivity index (χ2v) is 5.59. The number of halogens is 3. The highest BCUT2D eigenvalue weighted by Crippen LogP contribution is 2.34. The van der Waals surface area contributed by atoms with Crippen molar-refractivity contribution >= 4 is 11.3 Å². The highest BCUT2D eigenvalue weighted by atomic mass is 32.1. The van der Waals surface area contributed by atoms with Crippen molar-refractivity contribution in [2.75, 3.05) is 6.54 Å². The smallest absolute Gasteiger partial charge is 0.167 e. The number of nitrogens with one attached hydrogen (secondary N) is 1. The summed E-state index contributed by atoms with van der Waals surface area (Å²) in [5, 5.41) is 3.32. The van der Waals surface area contributed by atoms with Gasteiger partial charge in [-0.1, -0.05) is 13.8 Å². The number of thiophene rings is 1. The fourth-order valence-corrected chi connectivity index (χ4v) is 3.29. The van der Waals surface area contributed by atoms with Gasteiger partial charge in [-0.3, -0.25) is 0 Å². The summed E-state index contributed by atoms with van der Waals surface area (Å²) in [6, 6.07) is 5.35. The Morgan fingerprint density at radius 1 is 1.15 bits per heavy atom. The van der Waals surface area contributed by atoms with Crippen LogP contribution in [0.1, 0.15) is 31.2 Å². The monoisotopic (exact) mass is 299 g/mol. The van der Waals surface area contributed by atoms with Gasteiger partial charge in [-0.25, -0.2) is 13.2 Å². The van der Waals surface area contributed by atoms with Gasteiger partial charge in [0.25, 0.3) is 0 Å². The molecule has 20 heavy (non-hydrogen) atoms. The van der Waals surface area contributed by atoms with E-state index in [1.54, 1.807) is 6.07 Å². The molecule has 1 heterocycles. The maximum atomic E-state index is 13.8. The van der Waals surface area contributed by atoms with E-state index in [4.69, 9.17) is 0 Å². The average molecular weight is 299 g/mol. The van der Waals surface area contributed by atoms with Crippen LogP contribution in [0.25, 0.3) is 10.4 Å². The van der Waals surface area contributed by atoms with Crippen molar-refractivity contribution < 1.29 is 13.2 Å². The van der Waals surface area contributed by atoms with Gasteiger partial charge in [0.2, 0.25) is 0 Å². The molecule has 1 nitrogen and oxygen atoms in total. The fourth-order valence-electron chi connectivity index (χ4n) is 2.11. The van der Waals surface area contributed by atoms with Crippen LogP contribution in [0.5, 0.6) is 0 Å². The number of hydrogen-bond donors (Lipinski definition) is 1. The van der Waals surface area contributed by atoms with Crippen LogP contribution in [0.2, 0.25) is 0 Å². The van der Waals surface area contributed by atoms with Crippen molar-refractivity contribution in [3.05, 3.63) is 46.6 Å². The predicted molar refractivity (Wildman–Crippen MR) is 76.3 cm³/mol. The van der Waals surface area contributed by atoms with Crippen LogP contribution in [0.3, 0.4) is 0 Å². The van der Waals surface area contributed by atoms with Crippen molar-refractivity contribution in [3.8, 4) is 10.4 Å². The Hall–Kier alpha value is -1.33.